The molecule has 1 aromatic rings. The van der Waals surface area contributed by atoms with E-state index in [1.54, 1.807) is 0 Å². The number of hydrogen-bond donors (Lipinski definition) is 1. The molecule has 1 aliphatic rings. The summed E-state index contributed by atoms with van der Waals surface area (Å²) >= 11 is 0. The zero-order valence-corrected chi connectivity index (χ0v) is 13.7. The molecular formula is C19H27N. The Balaban J connectivity index is 2.36. The van der Waals surface area contributed by atoms with E-state index in [2.05, 4.69) is 71.1 Å². The summed E-state index contributed by atoms with van der Waals surface area (Å²) in [4.78, 5) is 0. The van der Waals surface area contributed by atoms with Crippen molar-refractivity contribution in [1.29, 1.82) is 0 Å². The molecule has 0 aliphatic heterocycles. The normalized spacial score (nSPS) is 16.1. The van der Waals surface area contributed by atoms with Crippen LogP contribution in [0.2, 0.25) is 0 Å². The van der Waals surface area contributed by atoms with Gasteiger partial charge in [0.1, 0.15) is 0 Å². The van der Waals surface area contributed by atoms with E-state index >= 15 is 0 Å². The molecule has 0 unspecified atom stereocenters. The van der Waals surface area contributed by atoms with E-state index in [1.807, 2.05) is 0 Å². The Labute approximate surface area is 123 Å². The number of rotatable bonds is 3. The van der Waals surface area contributed by atoms with Gasteiger partial charge in [-0.15, -0.1) is 0 Å². The molecule has 0 fully saturated rings. The van der Waals surface area contributed by atoms with E-state index in [9.17, 15) is 0 Å². The van der Waals surface area contributed by atoms with Crippen LogP contribution in [0.25, 0.3) is 5.57 Å². The minimum Gasteiger partial charge on any atom is -0.384 e. The summed E-state index contributed by atoms with van der Waals surface area (Å²) in [6, 6.07) is 8.69. The number of nitrogens with one attached hydrogen (secondary N) is 1. The van der Waals surface area contributed by atoms with Crippen LogP contribution in [0.4, 0.5) is 5.69 Å². The summed E-state index contributed by atoms with van der Waals surface area (Å²) in [7, 11) is 0. The quantitative estimate of drug-likeness (QED) is 0.746. The Morgan fingerprint density at radius 2 is 1.65 bits per heavy atom. The first-order valence-electron chi connectivity index (χ1n) is 7.49. The van der Waals surface area contributed by atoms with Crippen LogP contribution in [0.3, 0.4) is 0 Å². The molecule has 0 amide bonds. The molecule has 1 nitrogen and oxygen atoms in total. The Morgan fingerprint density at radius 1 is 1.00 bits per heavy atom. The highest BCUT2D eigenvalue weighted by atomic mass is 14.9. The summed E-state index contributed by atoms with van der Waals surface area (Å²) in [5, 5.41) is 3.63. The standard InChI is InChI=1S/C19H27N/c1-13-11-14(2)18(15(13)3)16-9-7-8-10-17(16)20-12-19(4,5)6/h7-10,20H,11-12H2,1-6H3. The highest BCUT2D eigenvalue weighted by molar-refractivity contribution is 5.89. The predicted octanol–water partition coefficient (Wildman–Crippen LogP) is 5.66. The average Bonchev–Trinajstić information content (AvgIpc) is 2.60. The molecule has 1 aromatic carbocycles. The Bertz CT molecular complexity index is 568. The van der Waals surface area contributed by atoms with Crippen LogP contribution in [0, 0.1) is 5.41 Å². The third kappa shape index (κ3) is 3.15. The molecule has 0 spiro atoms. The maximum absolute atomic E-state index is 3.63. The van der Waals surface area contributed by atoms with Crippen molar-refractivity contribution in [2.75, 3.05) is 11.9 Å². The van der Waals surface area contributed by atoms with E-state index in [1.165, 1.54) is 33.5 Å². The van der Waals surface area contributed by atoms with Crippen LogP contribution in [0.15, 0.2) is 41.0 Å². The monoisotopic (exact) mass is 269 g/mol. The van der Waals surface area contributed by atoms with Gasteiger partial charge in [-0.05, 0) is 49.8 Å². The van der Waals surface area contributed by atoms with Crippen LogP contribution in [0.1, 0.15) is 53.5 Å². The van der Waals surface area contributed by atoms with Gasteiger partial charge in [0.15, 0.2) is 0 Å². The SMILES string of the molecule is CC1=C(C)C(c2ccccc2NCC(C)(C)C)=C(C)C1. The van der Waals surface area contributed by atoms with Crippen molar-refractivity contribution < 1.29 is 0 Å². The maximum Gasteiger partial charge on any atom is 0.0420 e. The summed E-state index contributed by atoms with van der Waals surface area (Å²) < 4.78 is 0. The molecule has 0 heterocycles. The predicted molar refractivity (Wildman–Crippen MR) is 90.0 cm³/mol. The first-order valence-corrected chi connectivity index (χ1v) is 7.49. The second-order valence-electron chi connectivity index (χ2n) is 7.20. The zero-order valence-electron chi connectivity index (χ0n) is 13.7. The lowest BCUT2D eigenvalue weighted by molar-refractivity contribution is 0.443. The first kappa shape index (κ1) is 14.9. The van der Waals surface area contributed by atoms with Gasteiger partial charge in [-0.2, -0.15) is 0 Å². The van der Waals surface area contributed by atoms with Gasteiger partial charge in [-0.25, -0.2) is 0 Å². The van der Waals surface area contributed by atoms with Gasteiger partial charge in [0.05, 0.1) is 0 Å². The van der Waals surface area contributed by atoms with Gasteiger partial charge in [-0.1, -0.05) is 50.1 Å². The van der Waals surface area contributed by atoms with Crippen LogP contribution < -0.4 is 5.32 Å². The number of para-hydroxylation sites is 1. The lowest BCUT2D eigenvalue weighted by atomic mass is 9.94. The van der Waals surface area contributed by atoms with Crippen LogP contribution >= 0.6 is 0 Å². The van der Waals surface area contributed by atoms with Crippen molar-refractivity contribution >= 4 is 11.3 Å². The van der Waals surface area contributed by atoms with Gasteiger partial charge >= 0.3 is 0 Å². The molecule has 1 heteroatoms. The van der Waals surface area contributed by atoms with Gasteiger partial charge in [0.2, 0.25) is 0 Å². The number of benzene rings is 1. The van der Waals surface area contributed by atoms with Gasteiger partial charge in [0.25, 0.3) is 0 Å². The van der Waals surface area contributed by atoms with Crippen molar-refractivity contribution in [1.82, 2.24) is 0 Å². The van der Waals surface area contributed by atoms with Crippen molar-refractivity contribution in [2.24, 2.45) is 5.41 Å². The topological polar surface area (TPSA) is 12.0 Å². The number of allylic oxidation sites excluding steroid dienone is 4. The van der Waals surface area contributed by atoms with Gasteiger partial charge < -0.3 is 5.32 Å². The molecule has 0 aromatic heterocycles. The van der Waals surface area contributed by atoms with Gasteiger partial charge in [-0.3, -0.25) is 0 Å². The Kier molecular flexibility index (Phi) is 4.08. The van der Waals surface area contributed by atoms with Crippen molar-refractivity contribution in [3.8, 4) is 0 Å². The fourth-order valence-electron chi connectivity index (χ4n) is 2.80. The van der Waals surface area contributed by atoms with Crippen molar-refractivity contribution in [3.05, 3.63) is 46.5 Å². The molecule has 0 saturated carbocycles. The largest absolute Gasteiger partial charge is 0.384 e. The summed E-state index contributed by atoms with van der Waals surface area (Å²) in [6.07, 6.45) is 1.12. The molecule has 0 saturated heterocycles. The summed E-state index contributed by atoms with van der Waals surface area (Å²) in [5.41, 5.74) is 8.78. The zero-order chi connectivity index (χ0) is 14.9. The van der Waals surface area contributed by atoms with Gasteiger partial charge in [0, 0.05) is 17.8 Å². The van der Waals surface area contributed by atoms with Crippen molar-refractivity contribution in [3.63, 3.8) is 0 Å². The summed E-state index contributed by atoms with van der Waals surface area (Å²) in [6.45, 7) is 14.5. The molecule has 1 N–H and O–H groups in total. The highest BCUT2D eigenvalue weighted by Gasteiger charge is 2.20. The van der Waals surface area contributed by atoms with E-state index in [0.29, 0.717) is 0 Å². The molecule has 108 valence electrons. The molecule has 0 bridgehead atoms. The third-order valence-corrected chi connectivity index (χ3v) is 3.98. The molecule has 0 radical (unpaired) electrons. The maximum atomic E-state index is 3.63. The second kappa shape index (κ2) is 5.47. The van der Waals surface area contributed by atoms with E-state index in [4.69, 9.17) is 0 Å². The molecule has 20 heavy (non-hydrogen) atoms. The lowest BCUT2D eigenvalue weighted by Crippen LogP contribution is -2.19. The minimum atomic E-state index is 0.285. The third-order valence-electron chi connectivity index (χ3n) is 3.98. The lowest BCUT2D eigenvalue weighted by Gasteiger charge is -2.22. The fraction of sp³-hybridized carbons (Fsp3) is 0.474. The molecule has 0 atom stereocenters. The molecular weight excluding hydrogens is 242 g/mol. The molecule has 1 aliphatic carbocycles. The fourth-order valence-corrected chi connectivity index (χ4v) is 2.80. The second-order valence-corrected chi connectivity index (χ2v) is 7.20. The van der Waals surface area contributed by atoms with E-state index in [0.717, 1.165) is 13.0 Å². The van der Waals surface area contributed by atoms with E-state index < -0.39 is 0 Å². The van der Waals surface area contributed by atoms with Crippen LogP contribution in [0.5, 0.6) is 0 Å². The minimum absolute atomic E-state index is 0.285. The van der Waals surface area contributed by atoms with Crippen LogP contribution in [-0.2, 0) is 0 Å². The van der Waals surface area contributed by atoms with Crippen LogP contribution in [-0.4, -0.2) is 6.54 Å². The van der Waals surface area contributed by atoms with E-state index in [-0.39, 0.29) is 5.41 Å². The Hall–Kier alpha value is -1.50. The Morgan fingerprint density at radius 3 is 2.20 bits per heavy atom. The molecule has 2 rings (SSSR count). The van der Waals surface area contributed by atoms with Crippen molar-refractivity contribution in [2.45, 2.75) is 48.0 Å². The average molecular weight is 269 g/mol. The summed E-state index contributed by atoms with van der Waals surface area (Å²) in [5.74, 6) is 0. The first-order chi connectivity index (χ1) is 9.29. The highest BCUT2D eigenvalue weighted by Crippen LogP contribution is 2.40. The smallest absolute Gasteiger partial charge is 0.0420 e. The number of hydrogen-bond acceptors (Lipinski definition) is 1. The number of anilines is 1.